The third kappa shape index (κ3) is 3.88. The van der Waals surface area contributed by atoms with Crippen molar-refractivity contribution < 1.29 is 4.42 Å². The van der Waals surface area contributed by atoms with Crippen LogP contribution in [0.3, 0.4) is 0 Å². The molecule has 0 atom stereocenters. The number of fused-ring (bicyclic) bond motifs is 3. The fraction of sp³-hybridized carbons (Fsp3) is 0. The van der Waals surface area contributed by atoms with E-state index in [0.717, 1.165) is 27.6 Å². The summed E-state index contributed by atoms with van der Waals surface area (Å²) in [6, 6.07) is 46.1. The molecule has 0 unspecified atom stereocenters. The molecule has 2 aromatic heterocycles. The molecule has 0 fully saturated rings. The van der Waals surface area contributed by atoms with Gasteiger partial charge in [0.2, 0.25) is 11.8 Å². The monoisotopic (exact) mass is 525 g/mol. The van der Waals surface area contributed by atoms with Crippen LogP contribution in [0.15, 0.2) is 144 Å². The summed E-state index contributed by atoms with van der Waals surface area (Å²) in [4.78, 5) is 4.63. The number of para-hydroxylation sites is 1. The Morgan fingerprint density at radius 3 is 1.51 bits per heavy atom. The minimum Gasteiger partial charge on any atom is -0.416 e. The first-order valence-corrected chi connectivity index (χ1v) is 13.6. The van der Waals surface area contributed by atoms with Crippen molar-refractivity contribution in [1.29, 1.82) is 0 Å². The van der Waals surface area contributed by atoms with Crippen LogP contribution in [0, 0.1) is 0 Å². The molecule has 0 bridgehead atoms. The highest BCUT2D eigenvalue weighted by Crippen LogP contribution is 2.45. The van der Waals surface area contributed by atoms with Crippen LogP contribution in [0.5, 0.6) is 0 Å². The minimum atomic E-state index is 0.505. The normalized spacial score (nSPS) is 11.4. The Bertz CT molecular complexity index is 2140. The molecule has 0 amide bonds. The van der Waals surface area contributed by atoms with Crippen molar-refractivity contribution in [3.63, 3.8) is 0 Å². The van der Waals surface area contributed by atoms with Crippen molar-refractivity contribution in [3.8, 4) is 45.2 Å². The van der Waals surface area contributed by atoms with Gasteiger partial charge in [0, 0.05) is 22.7 Å². The number of hydrogen-bond acceptors (Lipinski definition) is 4. The average molecular weight is 526 g/mol. The Balaban J connectivity index is 1.31. The second kappa shape index (κ2) is 9.54. The van der Waals surface area contributed by atoms with Gasteiger partial charge in [-0.3, -0.25) is 4.98 Å². The summed E-state index contributed by atoms with van der Waals surface area (Å²) in [5.74, 6) is 1.02. The van der Waals surface area contributed by atoms with Gasteiger partial charge in [0.25, 0.3) is 0 Å². The van der Waals surface area contributed by atoms with Crippen molar-refractivity contribution in [2.24, 2.45) is 0 Å². The van der Waals surface area contributed by atoms with Crippen LogP contribution in [-0.2, 0) is 0 Å². The number of pyridine rings is 1. The van der Waals surface area contributed by atoms with E-state index in [1.165, 1.54) is 38.2 Å². The van der Waals surface area contributed by atoms with E-state index in [1.54, 1.807) is 0 Å². The van der Waals surface area contributed by atoms with E-state index in [0.29, 0.717) is 11.8 Å². The highest BCUT2D eigenvalue weighted by molar-refractivity contribution is 6.23. The van der Waals surface area contributed by atoms with Gasteiger partial charge in [-0.05, 0) is 80.2 Å². The first-order valence-electron chi connectivity index (χ1n) is 13.6. The van der Waals surface area contributed by atoms with Crippen LogP contribution in [0.1, 0.15) is 0 Å². The van der Waals surface area contributed by atoms with Crippen LogP contribution in [0.4, 0.5) is 0 Å². The molecule has 0 aliphatic carbocycles. The van der Waals surface area contributed by atoms with E-state index in [9.17, 15) is 0 Å². The molecule has 2 heterocycles. The largest absolute Gasteiger partial charge is 0.416 e. The number of rotatable bonds is 4. The maximum Gasteiger partial charge on any atom is 0.248 e. The van der Waals surface area contributed by atoms with Crippen LogP contribution in [0.25, 0.3) is 77.6 Å². The van der Waals surface area contributed by atoms with Crippen molar-refractivity contribution >= 4 is 32.4 Å². The first-order chi connectivity index (χ1) is 20.3. The van der Waals surface area contributed by atoms with Gasteiger partial charge in [0.15, 0.2) is 0 Å². The molecule has 8 rings (SSSR count). The zero-order chi connectivity index (χ0) is 27.2. The van der Waals surface area contributed by atoms with Gasteiger partial charge in [-0.1, -0.05) is 97.1 Å². The molecule has 4 nitrogen and oxygen atoms in total. The topological polar surface area (TPSA) is 51.8 Å². The molecule has 0 saturated carbocycles. The summed E-state index contributed by atoms with van der Waals surface area (Å²) in [5.41, 5.74) is 7.55. The predicted molar refractivity (Wildman–Crippen MR) is 166 cm³/mol. The fourth-order valence-electron chi connectivity index (χ4n) is 5.86. The third-order valence-corrected chi connectivity index (χ3v) is 7.72. The second-order valence-electron chi connectivity index (χ2n) is 10.1. The quantitative estimate of drug-likeness (QED) is 0.215. The van der Waals surface area contributed by atoms with E-state index in [4.69, 9.17) is 4.42 Å². The molecular weight excluding hydrogens is 502 g/mol. The molecule has 0 aliphatic heterocycles. The molecule has 0 radical (unpaired) electrons. The fourth-order valence-corrected chi connectivity index (χ4v) is 5.86. The van der Waals surface area contributed by atoms with Crippen molar-refractivity contribution in [2.45, 2.75) is 0 Å². The zero-order valence-corrected chi connectivity index (χ0v) is 22.0. The lowest BCUT2D eigenvalue weighted by atomic mass is 9.85. The van der Waals surface area contributed by atoms with E-state index < -0.39 is 0 Å². The first kappa shape index (κ1) is 23.3. The Labute approximate surface area is 236 Å². The second-order valence-corrected chi connectivity index (χ2v) is 10.1. The summed E-state index contributed by atoms with van der Waals surface area (Å²) < 4.78 is 6.01. The van der Waals surface area contributed by atoms with E-state index in [1.807, 2.05) is 42.6 Å². The molecule has 0 saturated heterocycles. The van der Waals surface area contributed by atoms with Crippen LogP contribution in [-0.4, -0.2) is 15.2 Å². The third-order valence-electron chi connectivity index (χ3n) is 7.72. The molecule has 0 aliphatic rings. The molecule has 41 heavy (non-hydrogen) atoms. The summed E-state index contributed by atoms with van der Waals surface area (Å²) in [7, 11) is 0. The van der Waals surface area contributed by atoms with E-state index in [-0.39, 0.29) is 0 Å². The average Bonchev–Trinajstić information content (AvgIpc) is 3.55. The highest BCUT2D eigenvalue weighted by Gasteiger charge is 2.18. The molecule has 8 aromatic rings. The molecular formula is C37H23N3O. The van der Waals surface area contributed by atoms with E-state index in [2.05, 4.69) is 112 Å². The Morgan fingerprint density at radius 2 is 0.878 bits per heavy atom. The maximum atomic E-state index is 6.01. The van der Waals surface area contributed by atoms with E-state index >= 15 is 0 Å². The lowest BCUT2D eigenvalue weighted by Gasteiger charge is -2.18. The zero-order valence-electron chi connectivity index (χ0n) is 22.0. The Morgan fingerprint density at radius 1 is 0.390 bits per heavy atom. The van der Waals surface area contributed by atoms with Crippen molar-refractivity contribution in [2.75, 3.05) is 0 Å². The van der Waals surface area contributed by atoms with Crippen molar-refractivity contribution in [1.82, 2.24) is 15.2 Å². The molecule has 0 spiro atoms. The summed E-state index contributed by atoms with van der Waals surface area (Å²) in [6.45, 7) is 0. The van der Waals surface area contributed by atoms with Gasteiger partial charge in [-0.15, -0.1) is 10.2 Å². The van der Waals surface area contributed by atoms with Crippen LogP contribution in [0.2, 0.25) is 0 Å². The van der Waals surface area contributed by atoms with Gasteiger partial charge in [0.05, 0.1) is 5.52 Å². The van der Waals surface area contributed by atoms with Crippen LogP contribution < -0.4 is 0 Å². The van der Waals surface area contributed by atoms with Gasteiger partial charge < -0.3 is 4.42 Å². The van der Waals surface area contributed by atoms with Gasteiger partial charge in [-0.25, -0.2) is 0 Å². The predicted octanol–water partition coefficient (Wildman–Crippen LogP) is 9.59. The summed E-state index contributed by atoms with van der Waals surface area (Å²) in [5, 5.41) is 14.6. The lowest BCUT2D eigenvalue weighted by molar-refractivity contribution is 0.584. The summed E-state index contributed by atoms with van der Waals surface area (Å²) in [6.07, 6.45) is 1.91. The molecule has 4 heteroatoms. The number of aromatic nitrogens is 3. The Hall–Kier alpha value is -5.61. The van der Waals surface area contributed by atoms with Gasteiger partial charge in [0.1, 0.15) is 0 Å². The maximum absolute atomic E-state index is 6.01. The molecule has 0 N–H and O–H groups in total. The number of hydrogen-bond donors (Lipinski definition) is 0. The smallest absolute Gasteiger partial charge is 0.248 e. The summed E-state index contributed by atoms with van der Waals surface area (Å²) >= 11 is 0. The van der Waals surface area contributed by atoms with Crippen molar-refractivity contribution in [3.05, 3.63) is 140 Å². The van der Waals surface area contributed by atoms with Gasteiger partial charge >= 0.3 is 0 Å². The molecule has 6 aromatic carbocycles. The molecule has 192 valence electrons. The Kier molecular flexibility index (Phi) is 5.42. The lowest BCUT2D eigenvalue weighted by Crippen LogP contribution is -1.92. The minimum absolute atomic E-state index is 0.505. The highest BCUT2D eigenvalue weighted by atomic mass is 16.4. The number of nitrogens with zero attached hydrogens (tertiary/aromatic N) is 3. The SMILES string of the molecule is c1ccc(-c2nnc(-c3ccc(-c4c5ccccc5c(-c5ccnc6ccccc56)c5ccccc45)cc3)o2)cc1. The van der Waals surface area contributed by atoms with Crippen LogP contribution >= 0.6 is 0 Å². The standard InChI is InChI=1S/C37H23N3O/c1-2-10-25(11-3-1)36-39-40-37(41-36)26-20-18-24(19-21-26)34-28-13-4-6-15-30(28)35(31-16-7-5-14-29(31)34)32-22-23-38-33-17-9-8-12-27(32)33/h1-23H. The van der Waals surface area contributed by atoms with Gasteiger partial charge in [-0.2, -0.15) is 0 Å². The number of benzene rings is 6.